The zero-order valence-corrected chi connectivity index (χ0v) is 13.6. The zero-order chi connectivity index (χ0) is 16.7. The highest BCUT2D eigenvalue weighted by molar-refractivity contribution is 5.88. The molecule has 0 bridgehead atoms. The lowest BCUT2D eigenvalue weighted by Gasteiger charge is -2.18. The van der Waals surface area contributed by atoms with Crippen LogP contribution in [0, 0.1) is 12.8 Å². The predicted octanol–water partition coefficient (Wildman–Crippen LogP) is 2.15. The van der Waals surface area contributed by atoms with E-state index in [0.717, 1.165) is 0 Å². The fourth-order valence-corrected chi connectivity index (χ4v) is 2.19. The van der Waals surface area contributed by atoms with Crippen LogP contribution < -0.4 is 11.1 Å². The number of hydrogen-bond donors (Lipinski definition) is 3. The highest BCUT2D eigenvalue weighted by atomic mass is 16.2. The number of nitrogens with one attached hydrogen (secondary N) is 2. The molecule has 1 aromatic heterocycles. The normalized spacial score (nSPS) is 11.7. The summed E-state index contributed by atoms with van der Waals surface area (Å²) in [5.74, 6) is -0.214. The number of rotatable bonds is 4. The van der Waals surface area contributed by atoms with Gasteiger partial charge in [0, 0.05) is 17.1 Å². The Balaban J connectivity index is 0.000000222. The van der Waals surface area contributed by atoms with E-state index in [1.54, 1.807) is 0 Å². The van der Waals surface area contributed by atoms with Gasteiger partial charge >= 0.3 is 0 Å². The number of carbonyl (C=O) groups excluding carboxylic acids is 2. The van der Waals surface area contributed by atoms with Crippen molar-refractivity contribution in [1.82, 2.24) is 10.3 Å². The van der Waals surface area contributed by atoms with Crippen molar-refractivity contribution < 1.29 is 9.59 Å². The number of ketones is 1. The van der Waals surface area contributed by atoms with E-state index in [0.29, 0.717) is 0 Å². The maximum Gasteiger partial charge on any atom is 0.234 e. The fourth-order valence-electron chi connectivity index (χ4n) is 2.19. The van der Waals surface area contributed by atoms with Crippen LogP contribution in [0.5, 0.6) is 0 Å². The van der Waals surface area contributed by atoms with E-state index >= 15 is 0 Å². The first-order valence-corrected chi connectivity index (χ1v) is 7.39. The summed E-state index contributed by atoms with van der Waals surface area (Å²) in [6.07, 6.45) is 2.03. The van der Waals surface area contributed by atoms with Crippen LogP contribution in [0.1, 0.15) is 26.3 Å². The van der Waals surface area contributed by atoms with Crippen LogP contribution >= 0.6 is 0 Å². The molecule has 0 spiro atoms. The van der Waals surface area contributed by atoms with Gasteiger partial charge in [-0.2, -0.15) is 0 Å². The van der Waals surface area contributed by atoms with Gasteiger partial charge in [-0.3, -0.25) is 9.59 Å². The van der Waals surface area contributed by atoms with E-state index in [1.165, 1.54) is 23.4 Å². The summed E-state index contributed by atoms with van der Waals surface area (Å²) in [7, 11) is 0. The number of aromatic nitrogens is 1. The summed E-state index contributed by atoms with van der Waals surface area (Å²) in [5.41, 5.74) is 7.63. The molecule has 5 heteroatoms. The average molecular weight is 303 g/mol. The standard InChI is InChI=1S/C9H9N.C8H16N2O2/c1-7-6-10-9-5-3-2-4-8(7)9;1-5(2)8(6(3)11)10-7(12)4-9/h2-6,10H,1H3;5,8H,4,9H2,1-3H3,(H,10,12). The number of fused-ring (bicyclic) bond motifs is 1. The molecule has 0 saturated heterocycles. The molecule has 0 aliphatic rings. The van der Waals surface area contributed by atoms with Crippen molar-refractivity contribution >= 4 is 22.6 Å². The van der Waals surface area contributed by atoms with Gasteiger partial charge < -0.3 is 16.0 Å². The van der Waals surface area contributed by atoms with Gasteiger partial charge in [0.05, 0.1) is 12.6 Å². The van der Waals surface area contributed by atoms with E-state index in [-0.39, 0.29) is 24.2 Å². The van der Waals surface area contributed by atoms with Crippen LogP contribution in [0.4, 0.5) is 0 Å². The largest absolute Gasteiger partial charge is 0.361 e. The van der Waals surface area contributed by atoms with Crippen LogP contribution in [-0.2, 0) is 9.59 Å². The Morgan fingerprint density at radius 3 is 2.41 bits per heavy atom. The first-order chi connectivity index (χ1) is 10.4. The van der Waals surface area contributed by atoms with Crippen molar-refractivity contribution in [3.05, 3.63) is 36.0 Å². The van der Waals surface area contributed by atoms with Crippen LogP contribution in [-0.4, -0.2) is 29.3 Å². The molecule has 5 nitrogen and oxygen atoms in total. The van der Waals surface area contributed by atoms with Gasteiger partial charge in [-0.05, 0) is 31.4 Å². The minimum atomic E-state index is -0.402. The number of aryl methyl sites for hydroxylation is 1. The van der Waals surface area contributed by atoms with E-state index < -0.39 is 6.04 Å². The number of nitrogens with two attached hydrogens (primary N) is 1. The molecule has 2 aromatic rings. The molecule has 4 N–H and O–H groups in total. The molecule has 22 heavy (non-hydrogen) atoms. The smallest absolute Gasteiger partial charge is 0.234 e. The molecule has 0 radical (unpaired) electrons. The lowest BCUT2D eigenvalue weighted by atomic mass is 10.0. The quantitative estimate of drug-likeness (QED) is 0.808. The van der Waals surface area contributed by atoms with Gasteiger partial charge in [0.1, 0.15) is 0 Å². The molecule has 2 rings (SSSR count). The number of Topliss-reactive ketones (excluding diaryl/α,β-unsaturated/α-hetero) is 1. The van der Waals surface area contributed by atoms with Gasteiger partial charge in [-0.1, -0.05) is 32.0 Å². The Hall–Kier alpha value is -2.14. The molecule has 1 heterocycles. The van der Waals surface area contributed by atoms with E-state index in [1.807, 2.05) is 26.1 Å². The van der Waals surface area contributed by atoms with Crippen LogP contribution in [0.3, 0.4) is 0 Å². The van der Waals surface area contributed by atoms with Gasteiger partial charge in [0.2, 0.25) is 5.91 Å². The summed E-state index contributed by atoms with van der Waals surface area (Å²) in [4.78, 5) is 25.0. The Morgan fingerprint density at radius 1 is 1.27 bits per heavy atom. The Kier molecular flexibility index (Phi) is 6.79. The molecule has 0 fully saturated rings. The minimum Gasteiger partial charge on any atom is -0.361 e. The lowest BCUT2D eigenvalue weighted by Crippen LogP contribution is -2.45. The van der Waals surface area contributed by atoms with E-state index in [4.69, 9.17) is 5.73 Å². The van der Waals surface area contributed by atoms with Gasteiger partial charge in [0.15, 0.2) is 5.78 Å². The van der Waals surface area contributed by atoms with Crippen molar-refractivity contribution in [2.75, 3.05) is 6.54 Å². The second-order valence-electron chi connectivity index (χ2n) is 5.62. The monoisotopic (exact) mass is 303 g/mol. The summed E-state index contributed by atoms with van der Waals surface area (Å²) in [6.45, 7) is 7.25. The summed E-state index contributed by atoms with van der Waals surface area (Å²) < 4.78 is 0. The van der Waals surface area contributed by atoms with Gasteiger partial charge in [-0.15, -0.1) is 0 Å². The second-order valence-corrected chi connectivity index (χ2v) is 5.62. The molecule has 1 aromatic carbocycles. The number of benzene rings is 1. The molecule has 1 atom stereocenters. The number of hydrogen-bond acceptors (Lipinski definition) is 3. The maximum absolute atomic E-state index is 11.0. The first-order valence-electron chi connectivity index (χ1n) is 7.39. The molecular weight excluding hydrogens is 278 g/mol. The lowest BCUT2D eigenvalue weighted by molar-refractivity contribution is -0.127. The highest BCUT2D eigenvalue weighted by Crippen LogP contribution is 2.15. The summed E-state index contributed by atoms with van der Waals surface area (Å²) in [6, 6.07) is 7.91. The van der Waals surface area contributed by atoms with Gasteiger partial charge in [-0.25, -0.2) is 0 Å². The molecule has 0 aliphatic carbocycles. The topological polar surface area (TPSA) is 88.0 Å². The van der Waals surface area contributed by atoms with E-state index in [2.05, 4.69) is 35.4 Å². The molecule has 0 aliphatic heterocycles. The Labute approximate surface area is 131 Å². The van der Waals surface area contributed by atoms with Crippen LogP contribution in [0.2, 0.25) is 0 Å². The third kappa shape index (κ3) is 5.00. The minimum absolute atomic E-state index is 0.0354. The van der Waals surface area contributed by atoms with Crippen LogP contribution in [0.15, 0.2) is 30.5 Å². The first kappa shape index (κ1) is 17.9. The van der Waals surface area contributed by atoms with Crippen molar-refractivity contribution in [3.63, 3.8) is 0 Å². The molecule has 0 saturated carbocycles. The maximum atomic E-state index is 11.0. The molecule has 1 amide bonds. The Morgan fingerprint density at radius 2 is 1.91 bits per heavy atom. The summed E-state index contributed by atoms with van der Waals surface area (Å²) >= 11 is 0. The van der Waals surface area contributed by atoms with Crippen molar-refractivity contribution in [2.24, 2.45) is 11.7 Å². The second kappa shape index (κ2) is 8.34. The molecule has 120 valence electrons. The molecular formula is C17H25N3O2. The Bertz CT molecular complexity index is 632. The number of carbonyl (C=O) groups is 2. The fraction of sp³-hybridized carbons (Fsp3) is 0.412. The summed E-state index contributed by atoms with van der Waals surface area (Å²) in [5, 5.41) is 3.87. The SMILES string of the molecule is CC(=O)C(NC(=O)CN)C(C)C.Cc1c[nH]c2ccccc12. The van der Waals surface area contributed by atoms with Crippen molar-refractivity contribution in [3.8, 4) is 0 Å². The zero-order valence-electron chi connectivity index (χ0n) is 13.6. The van der Waals surface area contributed by atoms with Crippen molar-refractivity contribution in [2.45, 2.75) is 33.7 Å². The van der Waals surface area contributed by atoms with Crippen LogP contribution in [0.25, 0.3) is 10.9 Å². The number of aromatic amines is 1. The van der Waals surface area contributed by atoms with E-state index in [9.17, 15) is 9.59 Å². The number of para-hydroxylation sites is 1. The third-order valence-corrected chi connectivity index (χ3v) is 3.40. The molecule has 1 unspecified atom stereocenters. The van der Waals surface area contributed by atoms with Crippen molar-refractivity contribution in [1.29, 1.82) is 0 Å². The number of amides is 1. The average Bonchev–Trinajstić information content (AvgIpc) is 2.86. The third-order valence-electron chi connectivity index (χ3n) is 3.40. The number of H-pyrrole nitrogens is 1. The highest BCUT2D eigenvalue weighted by Gasteiger charge is 2.19. The predicted molar refractivity (Wildman–Crippen MR) is 89.5 cm³/mol. The van der Waals surface area contributed by atoms with Gasteiger partial charge in [0.25, 0.3) is 0 Å².